The molecule has 0 aromatic carbocycles. The minimum Gasteiger partial charge on any atom is -0.313 e. The summed E-state index contributed by atoms with van der Waals surface area (Å²) in [6.07, 6.45) is 7.79. The Morgan fingerprint density at radius 1 is 1.21 bits per heavy atom. The van der Waals surface area contributed by atoms with E-state index in [9.17, 15) is 0 Å². The van der Waals surface area contributed by atoms with Crippen molar-refractivity contribution in [2.75, 3.05) is 12.8 Å². The van der Waals surface area contributed by atoms with Gasteiger partial charge in [0.15, 0.2) is 0 Å². The quantitative estimate of drug-likeness (QED) is 0.772. The van der Waals surface area contributed by atoms with Gasteiger partial charge in [-0.25, -0.2) is 0 Å². The number of rotatable bonds is 4. The van der Waals surface area contributed by atoms with E-state index in [-0.39, 0.29) is 0 Å². The molecule has 1 N–H and O–H groups in total. The van der Waals surface area contributed by atoms with Crippen LogP contribution in [0.15, 0.2) is 0 Å². The standard InChI is InChI=1S/C12H25NS/c1-10-5-7-11(8-6-10)13-9-12(2,3)14-4/h10-11,13H,5-9H2,1-4H3. The first-order valence-corrected chi connectivity index (χ1v) is 7.04. The van der Waals surface area contributed by atoms with Crippen LogP contribution in [0, 0.1) is 5.92 Å². The summed E-state index contributed by atoms with van der Waals surface area (Å²) in [5.74, 6) is 0.960. The maximum atomic E-state index is 3.71. The SMILES string of the molecule is CSC(C)(C)CNC1CCC(C)CC1. The zero-order valence-corrected chi connectivity index (χ0v) is 10.9. The smallest absolute Gasteiger partial charge is 0.0225 e. The Labute approximate surface area is 93.4 Å². The van der Waals surface area contributed by atoms with E-state index in [1.54, 1.807) is 0 Å². The van der Waals surface area contributed by atoms with Crippen molar-refractivity contribution < 1.29 is 0 Å². The van der Waals surface area contributed by atoms with Crippen molar-refractivity contribution in [2.45, 2.75) is 57.2 Å². The summed E-state index contributed by atoms with van der Waals surface area (Å²) in [6, 6.07) is 0.789. The van der Waals surface area contributed by atoms with Gasteiger partial charge in [-0.15, -0.1) is 0 Å². The predicted molar refractivity (Wildman–Crippen MR) is 67.0 cm³/mol. The van der Waals surface area contributed by atoms with Gasteiger partial charge in [0.05, 0.1) is 0 Å². The largest absolute Gasteiger partial charge is 0.313 e. The van der Waals surface area contributed by atoms with Crippen molar-refractivity contribution in [3.8, 4) is 0 Å². The molecule has 0 heterocycles. The van der Waals surface area contributed by atoms with Crippen LogP contribution in [-0.4, -0.2) is 23.6 Å². The van der Waals surface area contributed by atoms with Crippen molar-refractivity contribution in [3.63, 3.8) is 0 Å². The van der Waals surface area contributed by atoms with Crippen LogP contribution in [0.2, 0.25) is 0 Å². The van der Waals surface area contributed by atoms with E-state index >= 15 is 0 Å². The summed E-state index contributed by atoms with van der Waals surface area (Å²) < 4.78 is 0.392. The van der Waals surface area contributed by atoms with Gasteiger partial charge in [-0.3, -0.25) is 0 Å². The third-order valence-electron chi connectivity index (χ3n) is 3.38. The van der Waals surface area contributed by atoms with Crippen LogP contribution in [0.1, 0.15) is 46.5 Å². The molecule has 0 aromatic rings. The van der Waals surface area contributed by atoms with Crippen molar-refractivity contribution >= 4 is 11.8 Å². The molecular weight excluding hydrogens is 190 g/mol. The molecule has 0 amide bonds. The Hall–Kier alpha value is 0.310. The average molecular weight is 215 g/mol. The van der Waals surface area contributed by atoms with Crippen LogP contribution < -0.4 is 5.32 Å². The zero-order chi connectivity index (χ0) is 10.6. The van der Waals surface area contributed by atoms with E-state index < -0.39 is 0 Å². The Morgan fingerprint density at radius 3 is 2.29 bits per heavy atom. The fourth-order valence-electron chi connectivity index (χ4n) is 1.93. The molecule has 1 aliphatic carbocycles. The van der Waals surface area contributed by atoms with Gasteiger partial charge in [0.1, 0.15) is 0 Å². The fourth-order valence-corrected chi connectivity index (χ4v) is 2.15. The molecule has 1 fully saturated rings. The highest BCUT2D eigenvalue weighted by Crippen LogP contribution is 2.25. The minimum absolute atomic E-state index is 0.392. The van der Waals surface area contributed by atoms with Crippen molar-refractivity contribution in [1.82, 2.24) is 5.32 Å². The number of hydrogen-bond donors (Lipinski definition) is 1. The molecule has 0 radical (unpaired) electrons. The lowest BCUT2D eigenvalue weighted by atomic mass is 9.87. The Bertz CT molecular complexity index is 160. The summed E-state index contributed by atoms with van der Waals surface area (Å²) in [7, 11) is 0. The molecule has 0 unspecified atom stereocenters. The van der Waals surface area contributed by atoms with Gasteiger partial charge in [0.25, 0.3) is 0 Å². The average Bonchev–Trinajstić information content (AvgIpc) is 2.17. The van der Waals surface area contributed by atoms with Crippen molar-refractivity contribution in [2.24, 2.45) is 5.92 Å². The summed E-state index contributed by atoms with van der Waals surface area (Å²) in [6.45, 7) is 8.15. The number of thioether (sulfide) groups is 1. The van der Waals surface area contributed by atoms with Crippen molar-refractivity contribution in [3.05, 3.63) is 0 Å². The van der Waals surface area contributed by atoms with Crippen LogP contribution in [0.4, 0.5) is 0 Å². The van der Waals surface area contributed by atoms with Gasteiger partial charge in [0.2, 0.25) is 0 Å². The Morgan fingerprint density at radius 2 is 1.79 bits per heavy atom. The topological polar surface area (TPSA) is 12.0 Å². The van der Waals surface area contributed by atoms with Crippen molar-refractivity contribution in [1.29, 1.82) is 0 Å². The summed E-state index contributed by atoms with van der Waals surface area (Å²) in [5.41, 5.74) is 0. The number of hydrogen-bond acceptors (Lipinski definition) is 2. The van der Waals surface area contributed by atoms with Crippen LogP contribution in [0.25, 0.3) is 0 Å². The van der Waals surface area contributed by atoms with E-state index in [0.717, 1.165) is 18.5 Å². The third kappa shape index (κ3) is 4.22. The first kappa shape index (κ1) is 12.4. The molecule has 1 nitrogen and oxygen atoms in total. The monoisotopic (exact) mass is 215 g/mol. The van der Waals surface area contributed by atoms with E-state index in [1.807, 2.05) is 11.8 Å². The Balaban J connectivity index is 2.19. The molecule has 0 saturated heterocycles. The summed E-state index contributed by atoms with van der Waals surface area (Å²) in [4.78, 5) is 0. The van der Waals surface area contributed by atoms with E-state index in [4.69, 9.17) is 0 Å². The van der Waals surface area contributed by atoms with Crippen LogP contribution in [0.3, 0.4) is 0 Å². The lowest BCUT2D eigenvalue weighted by Gasteiger charge is -2.31. The lowest BCUT2D eigenvalue weighted by Crippen LogP contribution is -2.40. The molecule has 1 rings (SSSR count). The second-order valence-electron chi connectivity index (χ2n) is 5.30. The molecule has 0 spiro atoms. The fraction of sp³-hybridized carbons (Fsp3) is 1.00. The minimum atomic E-state index is 0.392. The highest BCUT2D eigenvalue weighted by atomic mass is 32.2. The highest BCUT2D eigenvalue weighted by molar-refractivity contribution is 7.99. The second-order valence-corrected chi connectivity index (χ2v) is 6.81. The molecule has 84 valence electrons. The molecule has 0 aliphatic heterocycles. The first-order valence-electron chi connectivity index (χ1n) is 5.82. The van der Waals surface area contributed by atoms with E-state index in [1.165, 1.54) is 25.7 Å². The van der Waals surface area contributed by atoms with E-state index in [2.05, 4.69) is 32.3 Å². The third-order valence-corrected chi connectivity index (χ3v) is 4.63. The van der Waals surface area contributed by atoms with Gasteiger partial charge >= 0.3 is 0 Å². The molecule has 14 heavy (non-hydrogen) atoms. The predicted octanol–water partition coefficient (Wildman–Crippen LogP) is 3.30. The maximum absolute atomic E-state index is 3.71. The van der Waals surface area contributed by atoms with Gasteiger partial charge in [-0.2, -0.15) is 11.8 Å². The molecule has 0 atom stereocenters. The van der Waals surface area contributed by atoms with Gasteiger partial charge < -0.3 is 5.32 Å². The van der Waals surface area contributed by atoms with Gasteiger partial charge in [-0.05, 0) is 51.7 Å². The molecular formula is C12H25NS. The molecule has 1 aliphatic rings. The molecule has 2 heteroatoms. The van der Waals surface area contributed by atoms with Gasteiger partial charge in [0, 0.05) is 17.3 Å². The number of nitrogens with one attached hydrogen (secondary N) is 1. The second kappa shape index (κ2) is 5.41. The zero-order valence-electron chi connectivity index (χ0n) is 10.1. The Kier molecular flexibility index (Phi) is 4.78. The van der Waals surface area contributed by atoms with Crippen LogP contribution in [0.5, 0.6) is 0 Å². The van der Waals surface area contributed by atoms with Gasteiger partial charge in [-0.1, -0.05) is 6.92 Å². The normalized spacial score (nSPS) is 29.1. The van der Waals surface area contributed by atoms with Crippen LogP contribution >= 0.6 is 11.8 Å². The summed E-state index contributed by atoms with van der Waals surface area (Å²) >= 11 is 1.95. The highest BCUT2D eigenvalue weighted by Gasteiger charge is 2.21. The van der Waals surface area contributed by atoms with E-state index in [0.29, 0.717) is 4.75 Å². The first-order chi connectivity index (χ1) is 6.53. The lowest BCUT2D eigenvalue weighted by molar-refractivity contribution is 0.303. The summed E-state index contributed by atoms with van der Waals surface area (Å²) in [5, 5.41) is 3.71. The maximum Gasteiger partial charge on any atom is 0.0225 e. The molecule has 0 aromatic heterocycles. The van der Waals surface area contributed by atoms with Crippen LogP contribution in [-0.2, 0) is 0 Å². The molecule has 0 bridgehead atoms. The molecule has 1 saturated carbocycles.